The molecule has 0 spiro atoms. The van der Waals surface area contributed by atoms with Crippen molar-refractivity contribution in [2.75, 3.05) is 4.31 Å². The van der Waals surface area contributed by atoms with Gasteiger partial charge in [-0.1, -0.05) is 41.9 Å². The fourth-order valence-corrected chi connectivity index (χ4v) is 2.29. The molecule has 0 saturated carbocycles. The fourth-order valence-electron chi connectivity index (χ4n) is 1.60. The molecule has 2 rings (SSSR count). The lowest BCUT2D eigenvalue weighted by Gasteiger charge is -2.20. The van der Waals surface area contributed by atoms with Crippen molar-refractivity contribution in [3.63, 3.8) is 0 Å². The smallest absolute Gasteiger partial charge is 0.0555 e. The summed E-state index contributed by atoms with van der Waals surface area (Å²) >= 11 is 7.24. The molecule has 2 aromatic carbocycles. The molecular formula is C15H12ClNS. The maximum atomic E-state index is 5.89. The second-order valence-corrected chi connectivity index (χ2v) is 5.00. The number of anilines is 1. The van der Waals surface area contributed by atoms with E-state index in [1.807, 2.05) is 42.5 Å². The third-order valence-electron chi connectivity index (χ3n) is 2.45. The normalized spacial score (nSPS) is 9.78. The summed E-state index contributed by atoms with van der Waals surface area (Å²) in [6.45, 7) is 0.761. The van der Waals surface area contributed by atoms with Gasteiger partial charge in [0.2, 0.25) is 0 Å². The molecule has 2 aromatic rings. The van der Waals surface area contributed by atoms with Gasteiger partial charge in [-0.15, -0.1) is 6.42 Å². The van der Waals surface area contributed by atoms with Crippen molar-refractivity contribution in [2.24, 2.45) is 0 Å². The molecule has 0 radical (unpaired) electrons. The Hall–Kier alpha value is -1.56. The van der Waals surface area contributed by atoms with Gasteiger partial charge < -0.3 is 4.31 Å². The molecular weight excluding hydrogens is 262 g/mol. The molecule has 1 nitrogen and oxygen atoms in total. The second kappa shape index (κ2) is 6.39. The van der Waals surface area contributed by atoms with Crippen molar-refractivity contribution in [3.8, 4) is 11.7 Å². The van der Waals surface area contributed by atoms with Gasteiger partial charge in [0.1, 0.15) is 0 Å². The Morgan fingerprint density at radius 3 is 2.33 bits per heavy atom. The monoisotopic (exact) mass is 273 g/mol. The highest BCUT2D eigenvalue weighted by atomic mass is 35.5. The molecule has 0 unspecified atom stereocenters. The highest BCUT2D eigenvalue weighted by Crippen LogP contribution is 2.25. The van der Waals surface area contributed by atoms with Crippen LogP contribution in [-0.4, -0.2) is 0 Å². The van der Waals surface area contributed by atoms with Gasteiger partial charge in [0, 0.05) is 22.7 Å². The lowest BCUT2D eigenvalue weighted by molar-refractivity contribution is 1.06. The molecule has 90 valence electrons. The largest absolute Gasteiger partial charge is 0.301 e. The molecule has 0 saturated heterocycles. The van der Waals surface area contributed by atoms with Crippen molar-refractivity contribution in [1.82, 2.24) is 0 Å². The number of hydrogen-bond acceptors (Lipinski definition) is 2. The number of benzene rings is 2. The summed E-state index contributed by atoms with van der Waals surface area (Å²) in [5.41, 5.74) is 2.27. The lowest BCUT2D eigenvalue weighted by Crippen LogP contribution is -2.12. The van der Waals surface area contributed by atoms with E-state index in [1.165, 1.54) is 17.5 Å². The Kier molecular flexibility index (Phi) is 4.58. The minimum atomic E-state index is 0.726. The van der Waals surface area contributed by atoms with Crippen LogP contribution in [0.3, 0.4) is 0 Å². The number of hydrogen-bond donors (Lipinski definition) is 0. The van der Waals surface area contributed by atoms with Crippen LogP contribution in [0.5, 0.6) is 0 Å². The highest BCUT2D eigenvalue weighted by molar-refractivity contribution is 8.05. The van der Waals surface area contributed by atoms with Crippen LogP contribution >= 0.6 is 23.5 Å². The summed E-state index contributed by atoms with van der Waals surface area (Å²) in [6.07, 6.45) is 5.40. The average molecular weight is 274 g/mol. The van der Waals surface area contributed by atoms with Gasteiger partial charge >= 0.3 is 0 Å². The van der Waals surface area contributed by atoms with E-state index in [9.17, 15) is 0 Å². The maximum absolute atomic E-state index is 5.89. The molecule has 0 amide bonds. The topological polar surface area (TPSA) is 3.24 Å². The van der Waals surface area contributed by atoms with Gasteiger partial charge in [-0.2, -0.15) is 0 Å². The number of nitrogens with zero attached hydrogens (tertiary/aromatic N) is 1. The highest BCUT2D eigenvalue weighted by Gasteiger charge is 2.07. The molecule has 0 aliphatic carbocycles. The van der Waals surface area contributed by atoms with Crippen molar-refractivity contribution >= 4 is 29.2 Å². The Morgan fingerprint density at radius 1 is 1.06 bits per heavy atom. The van der Waals surface area contributed by atoms with Crippen LogP contribution in [0.1, 0.15) is 5.56 Å². The maximum Gasteiger partial charge on any atom is 0.0555 e. The number of terminal acetylenes is 1. The summed E-state index contributed by atoms with van der Waals surface area (Å²) in [6, 6.07) is 17.9. The summed E-state index contributed by atoms with van der Waals surface area (Å²) < 4.78 is 2.06. The standard InChI is InChI=1S/C15H12ClNS/c1-2-18-17(12-13-6-4-3-5-7-13)15-10-8-14(16)9-11-15/h1,3-11H,12H2. The van der Waals surface area contributed by atoms with Gasteiger partial charge in [0.05, 0.1) is 6.54 Å². The molecule has 0 aliphatic heterocycles. The number of halogens is 1. The Balaban J connectivity index is 2.18. The molecule has 0 atom stereocenters. The van der Waals surface area contributed by atoms with Gasteiger partial charge in [-0.05, 0) is 35.1 Å². The van der Waals surface area contributed by atoms with E-state index < -0.39 is 0 Å². The van der Waals surface area contributed by atoms with Crippen LogP contribution in [0.15, 0.2) is 54.6 Å². The average Bonchev–Trinajstić information content (AvgIpc) is 2.40. The summed E-state index contributed by atoms with van der Waals surface area (Å²) in [5, 5.41) is 3.34. The SMILES string of the molecule is C#CSN(Cc1ccccc1)c1ccc(Cl)cc1. The zero-order valence-corrected chi connectivity index (χ0v) is 11.3. The predicted octanol–water partition coefficient (Wildman–Crippen LogP) is 4.59. The first-order chi connectivity index (χ1) is 8.79. The van der Waals surface area contributed by atoms with Crippen molar-refractivity contribution in [3.05, 3.63) is 65.2 Å². The Morgan fingerprint density at radius 2 is 1.72 bits per heavy atom. The van der Waals surface area contributed by atoms with E-state index >= 15 is 0 Å². The van der Waals surface area contributed by atoms with Crippen LogP contribution in [0.25, 0.3) is 0 Å². The molecule has 0 fully saturated rings. The van der Waals surface area contributed by atoms with Crippen LogP contribution in [0.2, 0.25) is 5.02 Å². The van der Waals surface area contributed by atoms with E-state index in [0.29, 0.717) is 0 Å². The zero-order chi connectivity index (χ0) is 12.8. The Labute approximate surface area is 117 Å². The molecule has 0 heterocycles. The van der Waals surface area contributed by atoms with E-state index in [-0.39, 0.29) is 0 Å². The van der Waals surface area contributed by atoms with Crippen molar-refractivity contribution < 1.29 is 0 Å². The van der Waals surface area contributed by atoms with Gasteiger partial charge in [0.15, 0.2) is 0 Å². The van der Waals surface area contributed by atoms with Gasteiger partial charge in [-0.3, -0.25) is 0 Å². The minimum Gasteiger partial charge on any atom is -0.301 e. The van der Waals surface area contributed by atoms with E-state index in [2.05, 4.69) is 21.7 Å². The lowest BCUT2D eigenvalue weighted by atomic mass is 10.2. The third-order valence-corrected chi connectivity index (χ3v) is 3.36. The van der Waals surface area contributed by atoms with E-state index in [4.69, 9.17) is 18.0 Å². The quantitative estimate of drug-likeness (QED) is 0.592. The Bertz CT molecular complexity index is 531. The van der Waals surface area contributed by atoms with Crippen molar-refractivity contribution in [1.29, 1.82) is 0 Å². The minimum absolute atomic E-state index is 0.726. The van der Waals surface area contributed by atoms with E-state index in [0.717, 1.165) is 17.3 Å². The first kappa shape index (κ1) is 12.9. The molecule has 0 aliphatic rings. The van der Waals surface area contributed by atoms with Gasteiger partial charge in [0.25, 0.3) is 0 Å². The fraction of sp³-hybridized carbons (Fsp3) is 0.0667. The molecule has 0 N–H and O–H groups in total. The number of rotatable bonds is 4. The first-order valence-corrected chi connectivity index (χ1v) is 6.64. The molecule has 0 bridgehead atoms. The first-order valence-electron chi connectivity index (χ1n) is 5.49. The zero-order valence-electron chi connectivity index (χ0n) is 9.71. The third kappa shape index (κ3) is 3.46. The molecule has 18 heavy (non-hydrogen) atoms. The van der Waals surface area contributed by atoms with Gasteiger partial charge in [-0.25, -0.2) is 0 Å². The van der Waals surface area contributed by atoms with Crippen LogP contribution in [-0.2, 0) is 6.54 Å². The van der Waals surface area contributed by atoms with E-state index in [1.54, 1.807) is 0 Å². The van der Waals surface area contributed by atoms with Crippen LogP contribution in [0.4, 0.5) is 5.69 Å². The van der Waals surface area contributed by atoms with Crippen LogP contribution in [0, 0.1) is 11.7 Å². The predicted molar refractivity (Wildman–Crippen MR) is 80.5 cm³/mol. The summed E-state index contributed by atoms with van der Waals surface area (Å²) in [4.78, 5) is 0. The molecule has 3 heteroatoms. The molecule has 0 aromatic heterocycles. The second-order valence-electron chi connectivity index (χ2n) is 3.71. The van der Waals surface area contributed by atoms with Crippen molar-refractivity contribution in [2.45, 2.75) is 6.54 Å². The summed E-state index contributed by atoms with van der Waals surface area (Å²) in [5.74, 6) is 0. The van der Waals surface area contributed by atoms with Crippen LogP contribution < -0.4 is 4.31 Å². The summed E-state index contributed by atoms with van der Waals surface area (Å²) in [7, 11) is 0.